The van der Waals surface area contributed by atoms with Gasteiger partial charge in [0.15, 0.2) is 0 Å². The third-order valence-electron chi connectivity index (χ3n) is 3.15. The average molecular weight is 337 g/mol. The number of thiophene rings is 1. The summed E-state index contributed by atoms with van der Waals surface area (Å²) in [6, 6.07) is 9.92. The maximum Gasteiger partial charge on any atom is 0.251 e. The second-order valence-corrected chi connectivity index (χ2v) is 7.02. The zero-order valence-corrected chi connectivity index (χ0v) is 12.6. The summed E-state index contributed by atoms with van der Waals surface area (Å²) < 4.78 is 1.08. The number of rotatable bonds is 3. The van der Waals surface area contributed by atoms with Gasteiger partial charge in [-0.15, -0.1) is 11.3 Å². The molecule has 1 amide bonds. The fourth-order valence-electron chi connectivity index (χ4n) is 2.15. The number of amides is 1. The predicted octanol–water partition coefficient (Wildman–Crippen LogP) is 3.04. The van der Waals surface area contributed by atoms with Gasteiger partial charge in [-0.1, -0.05) is 6.07 Å². The first-order chi connectivity index (χ1) is 9.22. The maximum atomic E-state index is 12.1. The summed E-state index contributed by atoms with van der Waals surface area (Å²) in [7, 11) is 0. The molecule has 98 valence electrons. The monoisotopic (exact) mass is 336 g/mol. The minimum atomic E-state index is -0.0146. The normalized spacial score (nSPS) is 13.3. The molecule has 0 aliphatic carbocycles. The van der Waals surface area contributed by atoms with E-state index in [0.29, 0.717) is 6.54 Å². The second-order valence-electron chi connectivity index (χ2n) is 4.48. The van der Waals surface area contributed by atoms with Crippen molar-refractivity contribution in [1.82, 2.24) is 10.6 Å². The molecule has 3 nitrogen and oxygen atoms in total. The molecule has 0 atom stereocenters. The van der Waals surface area contributed by atoms with E-state index in [9.17, 15) is 4.79 Å². The van der Waals surface area contributed by atoms with Gasteiger partial charge in [0.05, 0.1) is 10.3 Å². The highest BCUT2D eigenvalue weighted by atomic mass is 79.9. The average Bonchev–Trinajstić information content (AvgIpc) is 3.03. The molecule has 19 heavy (non-hydrogen) atoms. The lowest BCUT2D eigenvalue weighted by molar-refractivity contribution is 0.0951. The SMILES string of the molecule is O=C(NCc1ccc(Br)s1)c1ccc2c(c1)CNC2. The van der Waals surface area contributed by atoms with Crippen molar-refractivity contribution in [1.29, 1.82) is 0 Å². The number of fused-ring (bicyclic) bond motifs is 1. The number of hydrogen-bond acceptors (Lipinski definition) is 3. The lowest BCUT2D eigenvalue weighted by Crippen LogP contribution is -2.22. The first kappa shape index (κ1) is 12.8. The molecule has 2 aromatic rings. The van der Waals surface area contributed by atoms with Crippen LogP contribution in [-0.2, 0) is 19.6 Å². The van der Waals surface area contributed by atoms with E-state index in [1.54, 1.807) is 11.3 Å². The lowest BCUT2D eigenvalue weighted by Gasteiger charge is -2.05. The Kier molecular flexibility index (Phi) is 3.68. The molecule has 0 saturated carbocycles. The van der Waals surface area contributed by atoms with Crippen LogP contribution in [0.1, 0.15) is 26.4 Å². The third kappa shape index (κ3) is 2.88. The summed E-state index contributed by atoms with van der Waals surface area (Å²) in [6.45, 7) is 2.33. The molecular formula is C14H13BrN2OS. The van der Waals surface area contributed by atoms with Gasteiger partial charge in [0, 0.05) is 23.5 Å². The Balaban J connectivity index is 1.67. The Labute approximate surface area is 124 Å². The van der Waals surface area contributed by atoms with Crippen LogP contribution in [0.15, 0.2) is 34.1 Å². The van der Waals surface area contributed by atoms with Gasteiger partial charge in [-0.2, -0.15) is 0 Å². The van der Waals surface area contributed by atoms with Crippen molar-refractivity contribution in [2.75, 3.05) is 0 Å². The van der Waals surface area contributed by atoms with Crippen LogP contribution >= 0.6 is 27.3 Å². The molecule has 0 spiro atoms. The van der Waals surface area contributed by atoms with Crippen LogP contribution in [0.3, 0.4) is 0 Å². The molecule has 1 aliphatic heterocycles. The molecule has 5 heteroatoms. The van der Waals surface area contributed by atoms with Crippen molar-refractivity contribution in [2.45, 2.75) is 19.6 Å². The van der Waals surface area contributed by atoms with E-state index in [2.05, 4.69) is 26.6 Å². The Morgan fingerprint density at radius 3 is 2.89 bits per heavy atom. The molecule has 0 radical (unpaired) electrons. The Hall–Kier alpha value is -1.17. The van der Waals surface area contributed by atoms with Gasteiger partial charge >= 0.3 is 0 Å². The number of halogens is 1. The first-order valence-electron chi connectivity index (χ1n) is 6.07. The zero-order chi connectivity index (χ0) is 13.2. The number of nitrogens with one attached hydrogen (secondary N) is 2. The van der Waals surface area contributed by atoms with E-state index in [0.717, 1.165) is 27.3 Å². The largest absolute Gasteiger partial charge is 0.347 e. The Bertz CT molecular complexity index is 624. The molecule has 2 N–H and O–H groups in total. The van der Waals surface area contributed by atoms with Crippen LogP contribution < -0.4 is 10.6 Å². The van der Waals surface area contributed by atoms with Gasteiger partial charge in [0.2, 0.25) is 0 Å². The summed E-state index contributed by atoms with van der Waals surface area (Å²) in [5.74, 6) is -0.0146. The number of hydrogen-bond donors (Lipinski definition) is 2. The van der Waals surface area contributed by atoms with Crippen LogP contribution in [0.4, 0.5) is 0 Å². The van der Waals surface area contributed by atoms with E-state index >= 15 is 0 Å². The predicted molar refractivity (Wildman–Crippen MR) is 80.2 cm³/mol. The zero-order valence-electron chi connectivity index (χ0n) is 10.2. The molecule has 1 aromatic carbocycles. The summed E-state index contributed by atoms with van der Waals surface area (Å²) >= 11 is 5.05. The van der Waals surface area contributed by atoms with Crippen LogP contribution in [-0.4, -0.2) is 5.91 Å². The summed E-state index contributed by atoms with van der Waals surface area (Å²) in [6.07, 6.45) is 0. The van der Waals surface area contributed by atoms with Crippen molar-refractivity contribution in [3.05, 3.63) is 55.7 Å². The minimum Gasteiger partial charge on any atom is -0.347 e. The van der Waals surface area contributed by atoms with Gasteiger partial charge in [-0.05, 0) is 51.3 Å². The van der Waals surface area contributed by atoms with Crippen LogP contribution in [0.25, 0.3) is 0 Å². The topological polar surface area (TPSA) is 41.1 Å². The van der Waals surface area contributed by atoms with Crippen molar-refractivity contribution >= 4 is 33.2 Å². The number of carbonyl (C=O) groups is 1. The molecule has 1 aromatic heterocycles. The molecule has 1 aliphatic rings. The van der Waals surface area contributed by atoms with Gasteiger partial charge in [0.1, 0.15) is 0 Å². The molecule has 3 rings (SSSR count). The minimum absolute atomic E-state index is 0.0146. The maximum absolute atomic E-state index is 12.1. The first-order valence-corrected chi connectivity index (χ1v) is 7.68. The van der Waals surface area contributed by atoms with E-state index in [-0.39, 0.29) is 5.91 Å². The highest BCUT2D eigenvalue weighted by molar-refractivity contribution is 9.11. The Morgan fingerprint density at radius 1 is 1.26 bits per heavy atom. The number of carbonyl (C=O) groups excluding carboxylic acids is 1. The van der Waals surface area contributed by atoms with E-state index in [1.165, 1.54) is 11.1 Å². The highest BCUT2D eigenvalue weighted by Gasteiger charge is 2.13. The van der Waals surface area contributed by atoms with Crippen molar-refractivity contribution in [3.63, 3.8) is 0 Å². The van der Waals surface area contributed by atoms with Gasteiger partial charge < -0.3 is 10.6 Å². The van der Waals surface area contributed by atoms with E-state index in [1.807, 2.05) is 30.3 Å². The van der Waals surface area contributed by atoms with E-state index < -0.39 is 0 Å². The molecule has 0 unspecified atom stereocenters. The van der Waals surface area contributed by atoms with Gasteiger partial charge in [-0.3, -0.25) is 4.79 Å². The smallest absolute Gasteiger partial charge is 0.251 e. The number of benzene rings is 1. The molecule has 0 saturated heterocycles. The Morgan fingerprint density at radius 2 is 2.11 bits per heavy atom. The van der Waals surface area contributed by atoms with Crippen LogP contribution in [0, 0.1) is 0 Å². The standard InChI is InChI=1S/C14H13BrN2OS/c15-13-4-3-12(19-13)8-17-14(18)9-1-2-10-6-16-7-11(10)5-9/h1-5,16H,6-8H2,(H,17,18). The van der Waals surface area contributed by atoms with Crippen molar-refractivity contribution in [2.24, 2.45) is 0 Å². The molecular weight excluding hydrogens is 324 g/mol. The fraction of sp³-hybridized carbons (Fsp3) is 0.214. The highest BCUT2D eigenvalue weighted by Crippen LogP contribution is 2.22. The quantitative estimate of drug-likeness (QED) is 0.904. The van der Waals surface area contributed by atoms with E-state index in [4.69, 9.17) is 0 Å². The summed E-state index contributed by atoms with van der Waals surface area (Å²) in [4.78, 5) is 13.2. The summed E-state index contributed by atoms with van der Waals surface area (Å²) in [5, 5.41) is 6.23. The second kappa shape index (κ2) is 5.45. The van der Waals surface area contributed by atoms with Crippen molar-refractivity contribution in [3.8, 4) is 0 Å². The third-order valence-corrected chi connectivity index (χ3v) is 4.78. The van der Waals surface area contributed by atoms with Crippen molar-refractivity contribution < 1.29 is 4.79 Å². The molecule has 0 fully saturated rings. The van der Waals surface area contributed by atoms with Gasteiger partial charge in [-0.25, -0.2) is 0 Å². The van der Waals surface area contributed by atoms with Crippen LogP contribution in [0.5, 0.6) is 0 Å². The molecule has 2 heterocycles. The lowest BCUT2D eigenvalue weighted by atomic mass is 10.1. The summed E-state index contributed by atoms with van der Waals surface area (Å²) in [5.41, 5.74) is 3.25. The molecule has 0 bridgehead atoms. The fourth-order valence-corrected chi connectivity index (χ4v) is 3.58. The van der Waals surface area contributed by atoms with Gasteiger partial charge in [0.25, 0.3) is 5.91 Å². The van der Waals surface area contributed by atoms with Crippen LogP contribution in [0.2, 0.25) is 0 Å².